The van der Waals surface area contributed by atoms with E-state index in [4.69, 9.17) is 0 Å². The fourth-order valence-electron chi connectivity index (χ4n) is 3.00. The third-order valence-electron chi connectivity index (χ3n) is 4.44. The molecule has 0 amide bonds. The minimum atomic E-state index is -4.86. The second-order valence-corrected chi connectivity index (χ2v) is 7.92. The van der Waals surface area contributed by atoms with Gasteiger partial charge in [0.25, 0.3) is 5.92 Å². The lowest BCUT2D eigenvalue weighted by Gasteiger charge is -2.23. The Hall–Kier alpha value is -2.39. The predicted octanol–water partition coefficient (Wildman–Crippen LogP) is 4.37. The highest BCUT2D eigenvalue weighted by atomic mass is 19.4. The molecule has 0 atom stereocenters. The van der Waals surface area contributed by atoms with Crippen LogP contribution in [0.25, 0.3) is 0 Å². The third-order valence-corrected chi connectivity index (χ3v) is 4.44. The molecule has 1 aliphatic heterocycles. The topological polar surface area (TPSA) is 43.2 Å². The molecule has 0 aliphatic carbocycles. The largest absolute Gasteiger partial charge is 0.573 e. The van der Waals surface area contributed by atoms with Crippen LogP contribution >= 0.6 is 0 Å². The molecule has 1 aliphatic rings. The van der Waals surface area contributed by atoms with Crippen molar-refractivity contribution in [3.8, 4) is 5.75 Å². The second-order valence-electron chi connectivity index (χ2n) is 7.92. The average molecular weight is 404 g/mol. The van der Waals surface area contributed by atoms with Gasteiger partial charge in [0.15, 0.2) is 0 Å². The molecule has 0 unspecified atom stereocenters. The number of ether oxygens (including phenoxy) is 1. The molecule has 28 heavy (non-hydrogen) atoms. The highest BCUT2D eigenvalue weighted by Gasteiger charge is 2.39. The molecule has 5 nitrogen and oxygen atoms in total. The van der Waals surface area contributed by atoms with E-state index in [1.807, 2.05) is 20.8 Å². The summed E-state index contributed by atoms with van der Waals surface area (Å²) >= 11 is 0. The van der Waals surface area contributed by atoms with Crippen LogP contribution in [0.3, 0.4) is 0 Å². The SMILES string of the molecule is CC(C)(C)c1cn(Cc2ccc(OC(F)(F)F)cc2N2CCC(F)(F)C2)nn1. The Kier molecular flexibility index (Phi) is 5.01. The molecular weight excluding hydrogens is 383 g/mol. The van der Waals surface area contributed by atoms with Crippen molar-refractivity contribution in [3.63, 3.8) is 0 Å². The molecule has 154 valence electrons. The maximum atomic E-state index is 13.7. The van der Waals surface area contributed by atoms with Crippen LogP contribution in [0.2, 0.25) is 0 Å². The number of benzene rings is 1. The molecule has 0 spiro atoms. The van der Waals surface area contributed by atoms with Crippen LogP contribution in [0.4, 0.5) is 27.6 Å². The van der Waals surface area contributed by atoms with Crippen LogP contribution in [-0.2, 0) is 12.0 Å². The van der Waals surface area contributed by atoms with Gasteiger partial charge in [0.05, 0.1) is 18.8 Å². The van der Waals surface area contributed by atoms with Gasteiger partial charge in [0, 0.05) is 36.3 Å². The van der Waals surface area contributed by atoms with Crippen LogP contribution in [0.1, 0.15) is 38.4 Å². The van der Waals surface area contributed by atoms with E-state index in [-0.39, 0.29) is 30.6 Å². The molecule has 0 bridgehead atoms. The van der Waals surface area contributed by atoms with E-state index in [2.05, 4.69) is 15.0 Å². The van der Waals surface area contributed by atoms with Crippen molar-refractivity contribution in [1.29, 1.82) is 0 Å². The quantitative estimate of drug-likeness (QED) is 0.710. The van der Waals surface area contributed by atoms with Crippen molar-refractivity contribution in [1.82, 2.24) is 15.0 Å². The van der Waals surface area contributed by atoms with E-state index in [9.17, 15) is 22.0 Å². The van der Waals surface area contributed by atoms with Crippen molar-refractivity contribution in [2.45, 2.75) is 51.4 Å². The number of aromatic nitrogens is 3. The van der Waals surface area contributed by atoms with Crippen molar-refractivity contribution in [3.05, 3.63) is 35.7 Å². The minimum absolute atomic E-state index is 0.0417. The van der Waals surface area contributed by atoms with Gasteiger partial charge < -0.3 is 9.64 Å². The number of hydrogen-bond donors (Lipinski definition) is 0. The lowest BCUT2D eigenvalue weighted by Crippen LogP contribution is -2.26. The van der Waals surface area contributed by atoms with Gasteiger partial charge in [-0.3, -0.25) is 0 Å². The van der Waals surface area contributed by atoms with Crippen LogP contribution in [0, 0.1) is 0 Å². The Morgan fingerprint density at radius 1 is 1.18 bits per heavy atom. The average Bonchev–Trinajstić information content (AvgIpc) is 3.13. The summed E-state index contributed by atoms with van der Waals surface area (Å²) in [7, 11) is 0. The van der Waals surface area contributed by atoms with Gasteiger partial charge in [-0.05, 0) is 11.6 Å². The van der Waals surface area contributed by atoms with Gasteiger partial charge in [-0.1, -0.05) is 32.1 Å². The van der Waals surface area contributed by atoms with E-state index in [0.29, 0.717) is 5.56 Å². The van der Waals surface area contributed by atoms with Crippen molar-refractivity contribution >= 4 is 5.69 Å². The minimum Gasteiger partial charge on any atom is -0.406 e. The maximum absolute atomic E-state index is 13.7. The van der Waals surface area contributed by atoms with Gasteiger partial charge in [-0.2, -0.15) is 0 Å². The number of hydrogen-bond acceptors (Lipinski definition) is 4. The summed E-state index contributed by atoms with van der Waals surface area (Å²) in [6.45, 7) is 5.60. The normalized spacial score (nSPS) is 17.2. The smallest absolute Gasteiger partial charge is 0.406 e. The van der Waals surface area contributed by atoms with E-state index in [1.165, 1.54) is 21.7 Å². The number of anilines is 1. The summed E-state index contributed by atoms with van der Waals surface area (Å²) in [5.74, 6) is -3.33. The third kappa shape index (κ3) is 4.90. The van der Waals surface area contributed by atoms with Crippen molar-refractivity contribution in [2.24, 2.45) is 0 Å². The highest BCUT2D eigenvalue weighted by Crippen LogP contribution is 2.36. The van der Waals surface area contributed by atoms with Crippen LogP contribution in [0.5, 0.6) is 5.75 Å². The number of alkyl halides is 5. The second kappa shape index (κ2) is 6.89. The first kappa shape index (κ1) is 20.3. The van der Waals surface area contributed by atoms with E-state index in [0.717, 1.165) is 11.8 Å². The molecule has 0 N–H and O–H groups in total. The molecular formula is C18H21F5N4O. The van der Waals surface area contributed by atoms with Gasteiger partial charge >= 0.3 is 6.36 Å². The summed E-state index contributed by atoms with van der Waals surface area (Å²) in [5.41, 5.74) is 1.35. The monoisotopic (exact) mass is 404 g/mol. The molecule has 0 radical (unpaired) electrons. The van der Waals surface area contributed by atoms with Gasteiger partial charge in [-0.25, -0.2) is 13.5 Å². The highest BCUT2D eigenvalue weighted by molar-refractivity contribution is 5.58. The summed E-state index contributed by atoms with van der Waals surface area (Å²) in [6.07, 6.45) is -3.47. The Morgan fingerprint density at radius 2 is 1.89 bits per heavy atom. The molecule has 10 heteroatoms. The van der Waals surface area contributed by atoms with Crippen LogP contribution < -0.4 is 9.64 Å². The Morgan fingerprint density at radius 3 is 2.43 bits per heavy atom. The standard InChI is InChI=1S/C18H21F5N4O/c1-16(2,3)15-10-27(25-24-15)9-12-4-5-13(28-18(21,22)23)8-14(12)26-7-6-17(19,20)11-26/h4-5,8,10H,6-7,9,11H2,1-3H3. The first-order valence-corrected chi connectivity index (χ1v) is 8.74. The Balaban J connectivity index is 1.92. The predicted molar refractivity (Wildman–Crippen MR) is 92.7 cm³/mol. The molecule has 2 heterocycles. The number of rotatable bonds is 4. The molecule has 1 fully saturated rings. The van der Waals surface area contributed by atoms with Crippen LogP contribution in [-0.4, -0.2) is 40.4 Å². The number of nitrogens with zero attached hydrogens (tertiary/aromatic N) is 4. The summed E-state index contributed by atoms with van der Waals surface area (Å²) in [6, 6.07) is 3.75. The fourth-order valence-corrected chi connectivity index (χ4v) is 3.00. The first-order chi connectivity index (χ1) is 12.8. The fraction of sp³-hybridized carbons (Fsp3) is 0.556. The van der Waals surface area contributed by atoms with Crippen molar-refractivity contribution < 1.29 is 26.7 Å². The molecule has 3 rings (SSSR count). The molecule has 0 saturated carbocycles. The van der Waals surface area contributed by atoms with E-state index < -0.39 is 24.6 Å². The van der Waals surface area contributed by atoms with Gasteiger partial charge in [0.1, 0.15) is 5.75 Å². The Bertz CT molecular complexity index is 841. The van der Waals surface area contributed by atoms with Crippen LogP contribution in [0.15, 0.2) is 24.4 Å². The molecule has 1 aromatic carbocycles. The zero-order chi connectivity index (χ0) is 20.7. The number of halogens is 5. The van der Waals surface area contributed by atoms with Gasteiger partial charge in [0.2, 0.25) is 0 Å². The van der Waals surface area contributed by atoms with Gasteiger partial charge in [-0.15, -0.1) is 18.3 Å². The van der Waals surface area contributed by atoms with Crippen molar-refractivity contribution in [2.75, 3.05) is 18.0 Å². The molecule has 1 aromatic heterocycles. The summed E-state index contributed by atoms with van der Waals surface area (Å²) in [5, 5.41) is 8.15. The first-order valence-electron chi connectivity index (χ1n) is 8.74. The molecule has 2 aromatic rings. The van der Waals surface area contributed by atoms with E-state index in [1.54, 1.807) is 6.20 Å². The zero-order valence-electron chi connectivity index (χ0n) is 15.7. The Labute approximate surface area is 159 Å². The summed E-state index contributed by atoms with van der Waals surface area (Å²) in [4.78, 5) is 1.38. The van der Waals surface area contributed by atoms with E-state index >= 15 is 0 Å². The lowest BCUT2D eigenvalue weighted by atomic mass is 9.93. The zero-order valence-corrected chi connectivity index (χ0v) is 15.7. The summed E-state index contributed by atoms with van der Waals surface area (Å²) < 4.78 is 70.5. The maximum Gasteiger partial charge on any atom is 0.573 e. The lowest BCUT2D eigenvalue weighted by molar-refractivity contribution is -0.274. The molecule has 1 saturated heterocycles.